The summed E-state index contributed by atoms with van der Waals surface area (Å²) in [7, 11) is -4.42. The van der Waals surface area contributed by atoms with Crippen molar-refractivity contribution in [3.8, 4) is 16.9 Å². The number of esters is 1. The molecule has 16 nitrogen and oxygen atoms in total. The number of hydrogen-bond donors (Lipinski definition) is 1. The Morgan fingerprint density at radius 3 is 2.38 bits per heavy atom. The number of rotatable bonds is 14. The van der Waals surface area contributed by atoms with Gasteiger partial charge in [0.1, 0.15) is 12.6 Å². The van der Waals surface area contributed by atoms with Crippen LogP contribution in [0.15, 0.2) is 64.8 Å². The Kier molecular flexibility index (Phi) is 11.9. The Labute approximate surface area is 283 Å². The molecule has 50 heavy (non-hydrogen) atoms. The molecule has 1 aromatic heterocycles. The highest BCUT2D eigenvalue weighted by Crippen LogP contribution is 2.33. The molecule has 4 rings (SSSR count). The van der Waals surface area contributed by atoms with Gasteiger partial charge in [-0.2, -0.15) is 18.3 Å². The summed E-state index contributed by atoms with van der Waals surface area (Å²) in [5.74, 6) is -1.85. The van der Waals surface area contributed by atoms with Crippen LogP contribution in [-0.2, 0) is 44.8 Å². The standard InChI is InChI=1S/C30H33F3N6O10S/c1-4-46-29(42)48-20(3)49-36-39(43)37-16-15-23(37)18-47-28(41)14-13-27(40)35-50(44,45)24-11-9-22(10-12-24)38-25(17-26(34-38)30(31,32)33)21-7-5-19(2)6-8-21/h5-12,17,20,23H,4,13-16,18H2,1-3H3,(H,35,40)/t20?,23-/m0/s1. The van der Waals surface area contributed by atoms with Gasteiger partial charge in [-0.25, -0.2) is 22.6 Å². The summed E-state index contributed by atoms with van der Waals surface area (Å²) in [6.07, 6.45) is -7.51. The van der Waals surface area contributed by atoms with Crippen LogP contribution >= 0.6 is 0 Å². The van der Waals surface area contributed by atoms with Gasteiger partial charge in [0, 0.05) is 18.9 Å². The molecule has 1 amide bonds. The fourth-order valence-corrected chi connectivity index (χ4v) is 5.45. The minimum atomic E-state index is -4.73. The fraction of sp³-hybridized carbons (Fsp3) is 0.400. The number of sulfonamides is 1. The molecule has 0 spiro atoms. The number of hydrogen-bond acceptors (Lipinski definition) is 12. The topological polar surface area (TPSA) is 194 Å². The number of alkyl halides is 3. The van der Waals surface area contributed by atoms with Crippen LogP contribution in [-0.4, -0.2) is 78.3 Å². The van der Waals surface area contributed by atoms with Crippen LogP contribution in [0.2, 0.25) is 0 Å². The Morgan fingerprint density at radius 2 is 1.78 bits per heavy atom. The number of carbonyl (C=O) groups excluding carboxylic acids is 3. The fourth-order valence-electron chi connectivity index (χ4n) is 4.43. The summed E-state index contributed by atoms with van der Waals surface area (Å²) in [5, 5.41) is 20.3. The molecule has 1 unspecified atom stereocenters. The first kappa shape index (κ1) is 37.4. The molecular weight excluding hydrogens is 693 g/mol. The summed E-state index contributed by atoms with van der Waals surface area (Å²) in [6.45, 7) is 4.81. The number of nitrogens with zero attached hydrogens (tertiary/aromatic N) is 5. The second kappa shape index (κ2) is 15.9. The zero-order valence-corrected chi connectivity index (χ0v) is 27.8. The van der Waals surface area contributed by atoms with Crippen molar-refractivity contribution in [1.29, 1.82) is 0 Å². The van der Waals surface area contributed by atoms with E-state index in [0.29, 0.717) is 12.0 Å². The van der Waals surface area contributed by atoms with Crippen molar-refractivity contribution < 1.29 is 60.0 Å². The second-order valence-electron chi connectivity index (χ2n) is 10.8. The highest BCUT2D eigenvalue weighted by molar-refractivity contribution is 7.90. The maximum Gasteiger partial charge on any atom is 0.511 e. The van der Waals surface area contributed by atoms with E-state index in [1.54, 1.807) is 31.2 Å². The summed E-state index contributed by atoms with van der Waals surface area (Å²) in [6, 6.07) is 11.7. The number of carbonyl (C=O) groups is 3. The molecule has 1 aliphatic heterocycles. The van der Waals surface area contributed by atoms with E-state index in [4.69, 9.17) is 14.3 Å². The molecular formula is C30H33F3N6O10S. The van der Waals surface area contributed by atoms with Gasteiger partial charge in [-0.3, -0.25) is 14.4 Å². The first-order chi connectivity index (χ1) is 23.6. The van der Waals surface area contributed by atoms with E-state index < -0.39 is 65.1 Å². The molecule has 0 bridgehead atoms. The van der Waals surface area contributed by atoms with Crippen molar-refractivity contribution in [1.82, 2.24) is 19.5 Å². The maximum absolute atomic E-state index is 13.5. The molecule has 20 heteroatoms. The Hall–Kier alpha value is -5.40. The Bertz CT molecular complexity index is 1820. The third kappa shape index (κ3) is 9.83. The van der Waals surface area contributed by atoms with Crippen LogP contribution in [0.1, 0.15) is 44.4 Å². The Morgan fingerprint density at radius 1 is 1.10 bits per heavy atom. The van der Waals surface area contributed by atoms with Gasteiger partial charge in [-0.1, -0.05) is 29.8 Å². The van der Waals surface area contributed by atoms with Crippen molar-refractivity contribution >= 4 is 28.1 Å². The van der Waals surface area contributed by atoms with Crippen molar-refractivity contribution in [2.75, 3.05) is 19.8 Å². The monoisotopic (exact) mass is 726 g/mol. The lowest BCUT2D eigenvalue weighted by Gasteiger charge is -2.34. The molecule has 1 aliphatic rings. The van der Waals surface area contributed by atoms with E-state index >= 15 is 0 Å². The zero-order chi connectivity index (χ0) is 36.6. The van der Waals surface area contributed by atoms with Crippen LogP contribution in [0.25, 0.3) is 16.9 Å². The SMILES string of the molecule is CCOC(=O)OC(C)ON=[N+]([O-])N1CC[C@H]1COC(=O)CCC(=O)NS(=O)(=O)c1ccc(-n2nc(C(F)(F)F)cc2-c2ccc(C)cc2)cc1. The molecule has 270 valence electrons. The number of nitrogens with one attached hydrogen (secondary N) is 1. The molecule has 1 saturated heterocycles. The minimum absolute atomic E-state index is 0.0786. The number of hydrazine groups is 1. The van der Waals surface area contributed by atoms with E-state index in [2.05, 4.69) is 15.1 Å². The van der Waals surface area contributed by atoms with Gasteiger partial charge in [0.15, 0.2) is 5.69 Å². The average Bonchev–Trinajstić information content (AvgIpc) is 3.49. The molecule has 2 atom stereocenters. The number of aromatic nitrogens is 2. The van der Waals surface area contributed by atoms with Crippen molar-refractivity contribution in [2.45, 2.75) is 63.4 Å². The van der Waals surface area contributed by atoms with E-state index in [-0.39, 0.29) is 41.0 Å². The third-order valence-electron chi connectivity index (χ3n) is 7.10. The summed E-state index contributed by atoms with van der Waals surface area (Å²) >= 11 is 0. The van der Waals surface area contributed by atoms with Crippen LogP contribution < -0.4 is 4.72 Å². The van der Waals surface area contributed by atoms with Crippen molar-refractivity contribution in [3.05, 3.63) is 71.1 Å². The van der Waals surface area contributed by atoms with E-state index in [9.17, 15) is 41.2 Å². The predicted molar refractivity (Wildman–Crippen MR) is 164 cm³/mol. The lowest BCUT2D eigenvalue weighted by atomic mass is 10.1. The molecule has 1 fully saturated rings. The Balaban J connectivity index is 1.28. The number of halogens is 3. The molecule has 1 N–H and O–H groups in total. The smallest absolute Gasteiger partial charge is 0.511 e. The third-order valence-corrected chi connectivity index (χ3v) is 8.49. The maximum atomic E-state index is 13.5. The number of ether oxygens (including phenoxy) is 3. The minimum Gasteiger partial charge on any atom is -0.569 e. The first-order valence-electron chi connectivity index (χ1n) is 15.1. The lowest BCUT2D eigenvalue weighted by molar-refractivity contribution is -0.734. The summed E-state index contributed by atoms with van der Waals surface area (Å²) < 4.78 is 83.4. The predicted octanol–water partition coefficient (Wildman–Crippen LogP) is 4.40. The summed E-state index contributed by atoms with van der Waals surface area (Å²) in [4.78, 5) is 40.4. The zero-order valence-electron chi connectivity index (χ0n) is 27.0. The van der Waals surface area contributed by atoms with Gasteiger partial charge >= 0.3 is 18.3 Å². The molecule has 0 saturated carbocycles. The molecule has 0 aliphatic carbocycles. The van der Waals surface area contributed by atoms with Gasteiger partial charge < -0.3 is 19.4 Å². The lowest BCUT2D eigenvalue weighted by Crippen LogP contribution is -2.53. The number of benzene rings is 2. The highest BCUT2D eigenvalue weighted by Gasteiger charge is 2.37. The van der Waals surface area contributed by atoms with Gasteiger partial charge in [0.2, 0.25) is 11.2 Å². The second-order valence-corrected chi connectivity index (χ2v) is 12.5. The van der Waals surface area contributed by atoms with Crippen molar-refractivity contribution in [2.24, 2.45) is 5.28 Å². The van der Waals surface area contributed by atoms with Gasteiger partial charge in [0.05, 0.1) is 40.8 Å². The molecule has 2 aromatic carbocycles. The van der Waals surface area contributed by atoms with Crippen LogP contribution in [0.5, 0.6) is 0 Å². The van der Waals surface area contributed by atoms with E-state index in [1.165, 1.54) is 24.1 Å². The highest BCUT2D eigenvalue weighted by atomic mass is 32.2. The number of aryl methyl sites for hydroxylation is 1. The number of amides is 1. The van der Waals surface area contributed by atoms with E-state index in [1.807, 2.05) is 11.6 Å². The van der Waals surface area contributed by atoms with Crippen LogP contribution in [0, 0.1) is 12.1 Å². The van der Waals surface area contributed by atoms with Crippen molar-refractivity contribution in [3.63, 3.8) is 0 Å². The quantitative estimate of drug-likeness (QED) is 0.0811. The average molecular weight is 727 g/mol. The largest absolute Gasteiger partial charge is 0.569 e. The normalized spacial score (nSPS) is 15.4. The van der Waals surface area contributed by atoms with Crippen LogP contribution in [0.4, 0.5) is 18.0 Å². The molecule has 0 radical (unpaired) electrons. The van der Waals surface area contributed by atoms with Gasteiger partial charge in [0.25, 0.3) is 16.3 Å². The summed E-state index contributed by atoms with van der Waals surface area (Å²) in [5.41, 5.74) is 0.470. The van der Waals surface area contributed by atoms with Gasteiger partial charge in [-0.15, -0.1) is 5.01 Å². The van der Waals surface area contributed by atoms with E-state index in [0.717, 1.165) is 28.4 Å². The van der Waals surface area contributed by atoms with Gasteiger partial charge in [-0.05, 0) is 50.6 Å². The van der Waals surface area contributed by atoms with Crippen LogP contribution in [0.3, 0.4) is 0 Å². The molecule has 2 heterocycles. The first-order valence-corrected chi connectivity index (χ1v) is 16.6. The molecule has 3 aromatic rings.